The lowest BCUT2D eigenvalue weighted by Crippen LogP contribution is -2.22. The van der Waals surface area contributed by atoms with E-state index in [1.54, 1.807) is 24.3 Å². The van der Waals surface area contributed by atoms with Crippen LogP contribution in [-0.4, -0.2) is 18.4 Å². The third kappa shape index (κ3) is 5.62. The van der Waals surface area contributed by atoms with Crippen molar-refractivity contribution < 1.29 is 9.59 Å². The van der Waals surface area contributed by atoms with Crippen molar-refractivity contribution in [1.82, 2.24) is 0 Å². The number of amides is 2. The van der Waals surface area contributed by atoms with E-state index in [1.165, 1.54) is 5.56 Å². The molecule has 5 nitrogen and oxygen atoms in total. The highest BCUT2D eigenvalue weighted by Gasteiger charge is 2.08. The number of carbonyl (C=O) groups is 2. The summed E-state index contributed by atoms with van der Waals surface area (Å²) in [7, 11) is 0. The fraction of sp³-hybridized carbons (Fsp3) is 0.333. The number of anilines is 3. The minimum Gasteiger partial charge on any atom is -0.376 e. The lowest BCUT2D eigenvalue weighted by molar-refractivity contribution is -0.116. The molecule has 2 rings (SSSR count). The van der Waals surface area contributed by atoms with Gasteiger partial charge in [0.25, 0.3) is 0 Å². The van der Waals surface area contributed by atoms with E-state index >= 15 is 0 Å². The number of hydrogen-bond acceptors (Lipinski definition) is 3. The van der Waals surface area contributed by atoms with Gasteiger partial charge in [0.2, 0.25) is 11.8 Å². The molecular formula is C21H27N3O2. The number of carbonyl (C=O) groups excluding carboxylic acids is 2. The second kappa shape index (κ2) is 9.04. The summed E-state index contributed by atoms with van der Waals surface area (Å²) < 4.78 is 0. The fourth-order valence-electron chi connectivity index (χ4n) is 2.96. The Morgan fingerprint density at radius 3 is 2.04 bits per heavy atom. The summed E-state index contributed by atoms with van der Waals surface area (Å²) in [5, 5.41) is 8.89. The summed E-state index contributed by atoms with van der Waals surface area (Å²) in [5.41, 5.74) is 5.78. The van der Waals surface area contributed by atoms with Crippen molar-refractivity contribution in [1.29, 1.82) is 0 Å². The topological polar surface area (TPSA) is 70.2 Å². The van der Waals surface area contributed by atoms with Gasteiger partial charge in [-0.05, 0) is 56.5 Å². The summed E-state index contributed by atoms with van der Waals surface area (Å²) in [4.78, 5) is 23.9. The minimum absolute atomic E-state index is 0.0250. The Morgan fingerprint density at radius 2 is 1.46 bits per heavy atom. The van der Waals surface area contributed by atoms with E-state index in [0.717, 1.165) is 23.2 Å². The van der Waals surface area contributed by atoms with E-state index in [4.69, 9.17) is 0 Å². The molecular weight excluding hydrogens is 326 g/mol. The highest BCUT2D eigenvalue weighted by atomic mass is 16.2. The van der Waals surface area contributed by atoms with Gasteiger partial charge >= 0.3 is 0 Å². The van der Waals surface area contributed by atoms with Crippen molar-refractivity contribution in [2.45, 2.75) is 40.5 Å². The van der Waals surface area contributed by atoms with E-state index in [0.29, 0.717) is 17.8 Å². The Balaban J connectivity index is 1.95. The lowest BCUT2D eigenvalue weighted by atomic mass is 10.1. The maximum atomic E-state index is 12.3. The first kappa shape index (κ1) is 19.5. The summed E-state index contributed by atoms with van der Waals surface area (Å²) in [5.74, 6) is -0.163. The van der Waals surface area contributed by atoms with Gasteiger partial charge in [0.1, 0.15) is 0 Å². The van der Waals surface area contributed by atoms with E-state index in [9.17, 15) is 9.59 Å². The predicted octanol–water partition coefficient (Wildman–Crippen LogP) is 4.40. The van der Waals surface area contributed by atoms with E-state index in [1.807, 2.05) is 20.8 Å². The quantitative estimate of drug-likeness (QED) is 0.691. The number of aryl methyl sites for hydroxylation is 3. The fourth-order valence-corrected chi connectivity index (χ4v) is 2.96. The zero-order chi connectivity index (χ0) is 19.1. The molecule has 0 spiro atoms. The Labute approximate surface area is 155 Å². The molecule has 0 heterocycles. The van der Waals surface area contributed by atoms with Crippen LogP contribution in [0.4, 0.5) is 17.1 Å². The average molecular weight is 353 g/mol. The van der Waals surface area contributed by atoms with Crippen molar-refractivity contribution in [3.05, 3.63) is 53.1 Å². The third-order valence-electron chi connectivity index (χ3n) is 4.01. The smallest absolute Gasteiger partial charge is 0.243 e. The van der Waals surface area contributed by atoms with Gasteiger partial charge in [0.05, 0.1) is 6.54 Å². The molecule has 0 aliphatic carbocycles. The van der Waals surface area contributed by atoms with Crippen LogP contribution in [0.25, 0.3) is 0 Å². The van der Waals surface area contributed by atoms with E-state index < -0.39 is 0 Å². The molecule has 0 aliphatic rings. The first-order valence-corrected chi connectivity index (χ1v) is 8.90. The normalized spacial score (nSPS) is 10.3. The Morgan fingerprint density at radius 1 is 0.885 bits per heavy atom. The van der Waals surface area contributed by atoms with Gasteiger partial charge in [-0.15, -0.1) is 0 Å². The SMILES string of the molecule is CCCC(=O)Nc1cccc(NC(=O)CNc2c(C)cc(C)cc2C)c1. The molecule has 0 bridgehead atoms. The van der Waals surface area contributed by atoms with Crippen LogP contribution < -0.4 is 16.0 Å². The number of rotatable bonds is 7. The standard InChI is InChI=1S/C21H27N3O2/c1-5-7-19(25)23-17-8-6-9-18(12-17)24-20(26)13-22-21-15(3)10-14(2)11-16(21)4/h6,8-12,22H,5,7,13H2,1-4H3,(H,23,25)(H,24,26). The van der Waals surface area contributed by atoms with Crippen LogP contribution in [0.5, 0.6) is 0 Å². The molecule has 2 aromatic rings. The summed E-state index contributed by atoms with van der Waals surface area (Å²) >= 11 is 0. The Kier molecular flexibility index (Phi) is 6.78. The molecule has 0 aliphatic heterocycles. The third-order valence-corrected chi connectivity index (χ3v) is 4.01. The molecule has 0 saturated heterocycles. The molecule has 0 saturated carbocycles. The lowest BCUT2D eigenvalue weighted by Gasteiger charge is -2.14. The van der Waals surface area contributed by atoms with E-state index in [-0.39, 0.29) is 18.4 Å². The van der Waals surface area contributed by atoms with Crippen molar-refractivity contribution in [3.63, 3.8) is 0 Å². The molecule has 2 aromatic carbocycles. The molecule has 3 N–H and O–H groups in total. The van der Waals surface area contributed by atoms with Gasteiger partial charge < -0.3 is 16.0 Å². The van der Waals surface area contributed by atoms with Crippen LogP contribution in [0.3, 0.4) is 0 Å². The summed E-state index contributed by atoms with van der Waals surface area (Å²) in [6.07, 6.45) is 1.28. The minimum atomic E-state index is -0.138. The Hall–Kier alpha value is -2.82. The van der Waals surface area contributed by atoms with Gasteiger partial charge in [-0.3, -0.25) is 9.59 Å². The van der Waals surface area contributed by atoms with E-state index in [2.05, 4.69) is 35.0 Å². The summed E-state index contributed by atoms with van der Waals surface area (Å²) in [6, 6.07) is 11.4. The van der Waals surface area contributed by atoms with Gasteiger partial charge in [-0.25, -0.2) is 0 Å². The number of nitrogens with one attached hydrogen (secondary N) is 3. The molecule has 2 amide bonds. The van der Waals surface area contributed by atoms with Crippen molar-refractivity contribution in [2.75, 3.05) is 22.5 Å². The molecule has 0 unspecified atom stereocenters. The maximum absolute atomic E-state index is 12.3. The number of hydrogen-bond donors (Lipinski definition) is 3. The monoisotopic (exact) mass is 353 g/mol. The molecule has 0 radical (unpaired) electrons. The maximum Gasteiger partial charge on any atom is 0.243 e. The second-order valence-electron chi connectivity index (χ2n) is 6.55. The van der Waals surface area contributed by atoms with Crippen LogP contribution >= 0.6 is 0 Å². The van der Waals surface area contributed by atoms with Crippen molar-refractivity contribution in [2.24, 2.45) is 0 Å². The molecule has 0 atom stereocenters. The van der Waals surface area contributed by atoms with Gasteiger partial charge in [-0.2, -0.15) is 0 Å². The zero-order valence-corrected chi connectivity index (χ0v) is 15.9. The highest BCUT2D eigenvalue weighted by Crippen LogP contribution is 2.21. The van der Waals surface area contributed by atoms with Gasteiger partial charge in [0.15, 0.2) is 0 Å². The molecule has 0 fully saturated rings. The first-order chi connectivity index (χ1) is 12.4. The van der Waals surface area contributed by atoms with Crippen molar-refractivity contribution >= 4 is 28.9 Å². The average Bonchev–Trinajstić information content (AvgIpc) is 2.54. The molecule has 138 valence electrons. The second-order valence-corrected chi connectivity index (χ2v) is 6.55. The van der Waals surface area contributed by atoms with Crippen LogP contribution in [0.1, 0.15) is 36.5 Å². The van der Waals surface area contributed by atoms with Crippen molar-refractivity contribution in [3.8, 4) is 0 Å². The van der Waals surface area contributed by atoms with Gasteiger partial charge in [-0.1, -0.05) is 30.7 Å². The Bertz CT molecular complexity index is 777. The molecule has 26 heavy (non-hydrogen) atoms. The van der Waals surface area contributed by atoms with Crippen LogP contribution in [0.2, 0.25) is 0 Å². The van der Waals surface area contributed by atoms with Crippen LogP contribution in [0, 0.1) is 20.8 Å². The highest BCUT2D eigenvalue weighted by molar-refractivity contribution is 5.95. The van der Waals surface area contributed by atoms with Gasteiger partial charge in [0, 0.05) is 23.5 Å². The zero-order valence-electron chi connectivity index (χ0n) is 15.9. The van der Waals surface area contributed by atoms with Crippen LogP contribution in [-0.2, 0) is 9.59 Å². The molecule has 5 heteroatoms. The van der Waals surface area contributed by atoms with Crippen LogP contribution in [0.15, 0.2) is 36.4 Å². The predicted molar refractivity (Wildman–Crippen MR) is 108 cm³/mol. The first-order valence-electron chi connectivity index (χ1n) is 8.90. The number of benzene rings is 2. The molecule has 0 aromatic heterocycles. The largest absolute Gasteiger partial charge is 0.376 e. The summed E-state index contributed by atoms with van der Waals surface area (Å²) in [6.45, 7) is 8.26.